The first kappa shape index (κ1) is 29.2. The molecule has 0 spiro atoms. The minimum Gasteiger partial charge on any atom is -0.748 e. The smallest absolute Gasteiger partial charge is 0.748 e. The molecule has 0 bridgehead atoms. The molecule has 1 aliphatic heterocycles. The average Bonchev–Trinajstić information content (AvgIpc) is 3.08. The Kier molecular flexibility index (Phi) is 10.3. The number of benzene rings is 2. The molecular weight excluding hydrogens is 509 g/mol. The predicted molar refractivity (Wildman–Crippen MR) is 134 cm³/mol. The molecule has 0 N–H and O–H groups in total. The van der Waals surface area contributed by atoms with E-state index in [4.69, 9.17) is 18.2 Å². The van der Waals surface area contributed by atoms with Crippen molar-refractivity contribution >= 4 is 38.7 Å². The summed E-state index contributed by atoms with van der Waals surface area (Å²) in [5.74, 6) is 0.0830. The summed E-state index contributed by atoms with van der Waals surface area (Å²) >= 11 is 6.19. The van der Waals surface area contributed by atoms with Crippen molar-refractivity contribution in [3.8, 4) is 12.1 Å². The SMILES string of the molecule is [C-]#[N+]/C(C#N)=C(/C(C#N)=C/C=C1\N(C)c2ccc(Cl)cc2N1CCCS(=O)(=O)[O-])c1ccccc1.[Na+]. The molecule has 0 aromatic heterocycles. The maximum atomic E-state index is 11.1. The van der Waals surface area contributed by atoms with Crippen LogP contribution in [0.1, 0.15) is 12.0 Å². The van der Waals surface area contributed by atoms with Gasteiger partial charge in [0.25, 0.3) is 5.70 Å². The number of halogens is 1. The minimum atomic E-state index is -4.37. The number of hydrogen-bond acceptors (Lipinski definition) is 7. The third-order valence-electron chi connectivity index (χ3n) is 5.29. The normalized spacial score (nSPS) is 14.8. The Labute approximate surface area is 237 Å². The number of rotatable bonds is 7. The van der Waals surface area contributed by atoms with Crippen molar-refractivity contribution in [3.05, 3.63) is 99.8 Å². The second kappa shape index (κ2) is 12.8. The monoisotopic (exact) mass is 527 g/mol. The molecule has 11 heteroatoms. The molecule has 2 aromatic rings. The van der Waals surface area contributed by atoms with Gasteiger partial charge in [-0.1, -0.05) is 41.9 Å². The van der Waals surface area contributed by atoms with Gasteiger partial charge in [0.15, 0.2) is 0 Å². The fourth-order valence-electron chi connectivity index (χ4n) is 3.76. The Morgan fingerprint density at radius 2 is 1.86 bits per heavy atom. The van der Waals surface area contributed by atoms with Gasteiger partial charge >= 0.3 is 29.6 Å². The first-order valence-electron chi connectivity index (χ1n) is 10.3. The van der Waals surface area contributed by atoms with Crippen LogP contribution in [0.3, 0.4) is 0 Å². The van der Waals surface area contributed by atoms with Crippen LogP contribution in [0.2, 0.25) is 5.02 Å². The third-order valence-corrected chi connectivity index (χ3v) is 6.32. The van der Waals surface area contributed by atoms with Crippen LogP contribution in [0.25, 0.3) is 10.4 Å². The number of hydrogen-bond donors (Lipinski definition) is 0. The van der Waals surface area contributed by atoms with E-state index in [1.807, 2.05) is 21.9 Å². The molecule has 0 amide bonds. The Bertz CT molecular complexity index is 1450. The van der Waals surface area contributed by atoms with Crippen LogP contribution < -0.4 is 39.4 Å². The van der Waals surface area contributed by atoms with Gasteiger partial charge in [-0.2, -0.15) is 5.26 Å². The van der Waals surface area contributed by atoms with Gasteiger partial charge in [0, 0.05) is 29.9 Å². The fourth-order valence-corrected chi connectivity index (χ4v) is 4.41. The van der Waals surface area contributed by atoms with E-state index < -0.39 is 15.9 Å². The second-order valence-corrected chi connectivity index (χ2v) is 9.45. The molecule has 0 fully saturated rings. The first-order valence-corrected chi connectivity index (χ1v) is 12.3. The predicted octanol–water partition coefficient (Wildman–Crippen LogP) is 1.68. The number of fused-ring (bicyclic) bond motifs is 1. The van der Waals surface area contributed by atoms with Gasteiger partial charge in [-0.05, 0) is 42.3 Å². The molecule has 0 saturated carbocycles. The molecule has 0 aliphatic carbocycles. The van der Waals surface area contributed by atoms with E-state index in [1.54, 1.807) is 55.6 Å². The zero-order valence-corrected chi connectivity index (χ0v) is 23.2. The van der Waals surface area contributed by atoms with Crippen molar-refractivity contribution in [1.82, 2.24) is 0 Å². The Morgan fingerprint density at radius 3 is 2.44 bits per heavy atom. The Morgan fingerprint density at radius 1 is 1.17 bits per heavy atom. The van der Waals surface area contributed by atoms with Crippen LogP contribution in [0.4, 0.5) is 11.4 Å². The van der Waals surface area contributed by atoms with Crippen molar-refractivity contribution in [2.24, 2.45) is 0 Å². The summed E-state index contributed by atoms with van der Waals surface area (Å²) in [6, 6.07) is 17.9. The molecule has 0 atom stereocenters. The van der Waals surface area contributed by atoms with E-state index in [1.165, 1.54) is 6.08 Å². The maximum Gasteiger partial charge on any atom is 1.00 e. The van der Waals surface area contributed by atoms with Crippen LogP contribution in [0.5, 0.6) is 0 Å². The van der Waals surface area contributed by atoms with Gasteiger partial charge in [-0.3, -0.25) is 0 Å². The molecule has 1 heterocycles. The number of nitriles is 2. The zero-order chi connectivity index (χ0) is 25.6. The Balaban J connectivity index is 0.00000456. The van der Waals surface area contributed by atoms with Crippen LogP contribution in [-0.4, -0.2) is 32.3 Å². The fraction of sp³-hybridized carbons (Fsp3) is 0.160. The summed E-state index contributed by atoms with van der Waals surface area (Å²) in [6.45, 7) is 7.61. The van der Waals surface area contributed by atoms with Gasteiger partial charge in [0.2, 0.25) is 0 Å². The summed E-state index contributed by atoms with van der Waals surface area (Å²) < 4.78 is 33.3. The first-order chi connectivity index (χ1) is 16.7. The Hall–Kier alpha value is -3.07. The summed E-state index contributed by atoms with van der Waals surface area (Å²) in [7, 11) is -2.57. The van der Waals surface area contributed by atoms with Crippen molar-refractivity contribution in [3.63, 3.8) is 0 Å². The second-order valence-electron chi connectivity index (χ2n) is 7.49. The third kappa shape index (κ3) is 6.78. The summed E-state index contributed by atoms with van der Waals surface area (Å²) in [6.07, 6.45) is 3.25. The molecule has 0 saturated heterocycles. The summed E-state index contributed by atoms with van der Waals surface area (Å²) in [5, 5.41) is 19.9. The molecular formula is C25H19ClN5NaO3S. The molecule has 176 valence electrons. The minimum absolute atomic E-state index is 0. The van der Waals surface area contributed by atoms with Gasteiger partial charge in [0.05, 0.1) is 45.8 Å². The van der Waals surface area contributed by atoms with Crippen molar-refractivity contribution in [2.45, 2.75) is 6.42 Å². The number of anilines is 2. The summed E-state index contributed by atoms with van der Waals surface area (Å²) in [5.41, 5.74) is 2.19. The largest absolute Gasteiger partial charge is 1.00 e. The standard InChI is InChI=1S/C25H20ClN5O3S.Na/c1-29-21(17-28)25(18-7-4-3-5-8-18)19(16-27)9-12-24-30(2)22-11-10-20(26)15-23(22)31(24)13-6-14-35(32,33)34;/h3-5,7-12,15H,6,13-14H2,2H3,(H,32,33,34);/q;+1/p-1/b19-9+,24-12+,25-21+;. The van der Waals surface area contributed by atoms with Crippen LogP contribution in [-0.2, 0) is 10.1 Å². The van der Waals surface area contributed by atoms with Gasteiger partial charge in [-0.15, -0.1) is 0 Å². The van der Waals surface area contributed by atoms with E-state index in [2.05, 4.69) is 10.9 Å². The average molecular weight is 528 g/mol. The van der Waals surface area contributed by atoms with Crippen LogP contribution >= 0.6 is 11.6 Å². The maximum absolute atomic E-state index is 11.1. The van der Waals surface area contributed by atoms with E-state index in [9.17, 15) is 23.5 Å². The molecule has 36 heavy (non-hydrogen) atoms. The van der Waals surface area contributed by atoms with E-state index in [0.717, 1.165) is 11.4 Å². The van der Waals surface area contributed by atoms with E-state index >= 15 is 0 Å². The number of nitrogens with zero attached hydrogens (tertiary/aromatic N) is 5. The van der Waals surface area contributed by atoms with Gasteiger partial charge in [-0.25, -0.2) is 18.5 Å². The van der Waals surface area contributed by atoms with Crippen LogP contribution in [0.15, 0.2) is 77.8 Å². The molecule has 3 rings (SSSR count). The molecule has 0 unspecified atom stereocenters. The van der Waals surface area contributed by atoms with E-state index in [0.29, 0.717) is 16.4 Å². The summed E-state index contributed by atoms with van der Waals surface area (Å²) in [4.78, 5) is 6.95. The van der Waals surface area contributed by atoms with Crippen LogP contribution in [0, 0.1) is 29.2 Å². The number of allylic oxidation sites excluding steroid dienone is 5. The van der Waals surface area contributed by atoms with Crippen molar-refractivity contribution in [2.75, 3.05) is 29.1 Å². The topological polar surface area (TPSA) is 116 Å². The van der Waals surface area contributed by atoms with E-state index in [-0.39, 0.29) is 59.4 Å². The molecule has 8 nitrogen and oxygen atoms in total. The molecule has 0 radical (unpaired) electrons. The molecule has 1 aliphatic rings. The molecule has 2 aromatic carbocycles. The van der Waals surface area contributed by atoms with Crippen molar-refractivity contribution < 1.29 is 42.5 Å². The van der Waals surface area contributed by atoms with Gasteiger partial charge in [0.1, 0.15) is 5.82 Å². The quantitative estimate of drug-likeness (QED) is 0.177. The zero-order valence-electron chi connectivity index (χ0n) is 19.6. The van der Waals surface area contributed by atoms with Crippen molar-refractivity contribution in [1.29, 1.82) is 10.5 Å². The van der Waals surface area contributed by atoms with Gasteiger partial charge < -0.3 is 14.4 Å².